The SMILES string of the molecule is COC(=O)c1cc(C)c2oc(C)cc2c1. The molecule has 0 aliphatic carbocycles. The normalized spacial score (nSPS) is 10.6. The highest BCUT2D eigenvalue weighted by atomic mass is 16.5. The van der Waals surface area contributed by atoms with Gasteiger partial charge in [0, 0.05) is 5.39 Å². The summed E-state index contributed by atoms with van der Waals surface area (Å²) in [5, 5.41) is 0.938. The molecule has 0 unspecified atom stereocenters. The van der Waals surface area contributed by atoms with Gasteiger partial charge in [-0.2, -0.15) is 0 Å². The highest BCUT2D eigenvalue weighted by Gasteiger charge is 2.10. The molecule has 2 rings (SSSR count). The number of ether oxygens (including phenoxy) is 1. The predicted molar refractivity (Wildman–Crippen MR) is 57.0 cm³/mol. The molecule has 1 aromatic heterocycles. The van der Waals surface area contributed by atoms with Crippen molar-refractivity contribution in [3.05, 3.63) is 35.1 Å². The molecule has 0 aliphatic heterocycles. The third-order valence-electron chi connectivity index (χ3n) is 2.35. The number of fused-ring (bicyclic) bond motifs is 1. The van der Waals surface area contributed by atoms with Crippen molar-refractivity contribution < 1.29 is 13.9 Å². The third-order valence-corrected chi connectivity index (χ3v) is 2.35. The lowest BCUT2D eigenvalue weighted by Gasteiger charge is -2.01. The van der Waals surface area contributed by atoms with E-state index in [1.807, 2.05) is 19.9 Å². The molecule has 0 fully saturated rings. The number of hydrogen-bond donors (Lipinski definition) is 0. The van der Waals surface area contributed by atoms with Crippen molar-refractivity contribution in [2.45, 2.75) is 13.8 Å². The maximum absolute atomic E-state index is 11.4. The van der Waals surface area contributed by atoms with Gasteiger partial charge in [-0.1, -0.05) is 0 Å². The van der Waals surface area contributed by atoms with Crippen LogP contribution in [0.1, 0.15) is 21.7 Å². The number of benzene rings is 1. The molecule has 0 amide bonds. The van der Waals surface area contributed by atoms with Crippen molar-refractivity contribution in [1.82, 2.24) is 0 Å². The Labute approximate surface area is 87.6 Å². The van der Waals surface area contributed by atoms with Crippen LogP contribution in [0.15, 0.2) is 22.6 Å². The average Bonchev–Trinajstić information content (AvgIpc) is 2.58. The van der Waals surface area contributed by atoms with Crippen molar-refractivity contribution in [1.29, 1.82) is 0 Å². The van der Waals surface area contributed by atoms with Crippen LogP contribution in [-0.2, 0) is 4.74 Å². The molecule has 0 N–H and O–H groups in total. The fourth-order valence-electron chi connectivity index (χ4n) is 1.69. The molecular weight excluding hydrogens is 192 g/mol. The largest absolute Gasteiger partial charge is 0.465 e. The Balaban J connectivity index is 2.66. The van der Waals surface area contributed by atoms with E-state index >= 15 is 0 Å². The van der Waals surface area contributed by atoms with Crippen molar-refractivity contribution in [2.75, 3.05) is 7.11 Å². The lowest BCUT2D eigenvalue weighted by atomic mass is 10.1. The summed E-state index contributed by atoms with van der Waals surface area (Å²) in [5.74, 6) is 0.522. The summed E-state index contributed by atoms with van der Waals surface area (Å²) >= 11 is 0. The average molecular weight is 204 g/mol. The number of aryl methyl sites for hydroxylation is 2. The van der Waals surface area contributed by atoms with Gasteiger partial charge in [-0.15, -0.1) is 0 Å². The Hall–Kier alpha value is -1.77. The number of furan rings is 1. The van der Waals surface area contributed by atoms with Crippen molar-refractivity contribution >= 4 is 16.9 Å². The smallest absolute Gasteiger partial charge is 0.337 e. The topological polar surface area (TPSA) is 39.4 Å². The molecule has 3 heteroatoms. The molecule has 0 spiro atoms. The molecule has 3 nitrogen and oxygen atoms in total. The summed E-state index contributed by atoms with van der Waals surface area (Å²) in [6.07, 6.45) is 0. The minimum absolute atomic E-state index is 0.321. The van der Waals surface area contributed by atoms with Crippen LogP contribution in [0.3, 0.4) is 0 Å². The second-order valence-corrected chi connectivity index (χ2v) is 3.56. The van der Waals surface area contributed by atoms with Crippen molar-refractivity contribution in [3.8, 4) is 0 Å². The van der Waals surface area contributed by atoms with E-state index in [0.717, 1.165) is 22.3 Å². The van der Waals surface area contributed by atoms with Crippen molar-refractivity contribution in [3.63, 3.8) is 0 Å². The van der Waals surface area contributed by atoms with Gasteiger partial charge in [-0.3, -0.25) is 0 Å². The molecule has 2 aromatic rings. The number of carbonyl (C=O) groups excluding carboxylic acids is 1. The molecule has 15 heavy (non-hydrogen) atoms. The number of rotatable bonds is 1. The van der Waals surface area contributed by atoms with Gasteiger partial charge in [-0.05, 0) is 37.6 Å². The molecule has 0 atom stereocenters. The van der Waals surface area contributed by atoms with E-state index in [2.05, 4.69) is 4.74 Å². The van der Waals surface area contributed by atoms with Gasteiger partial charge in [0.25, 0.3) is 0 Å². The van der Waals surface area contributed by atoms with Crippen LogP contribution in [0, 0.1) is 13.8 Å². The van der Waals surface area contributed by atoms with Gasteiger partial charge in [0.05, 0.1) is 12.7 Å². The van der Waals surface area contributed by atoms with E-state index in [9.17, 15) is 4.79 Å². The third kappa shape index (κ3) is 1.61. The summed E-state index contributed by atoms with van der Waals surface area (Å²) in [7, 11) is 1.38. The first kappa shape index (κ1) is 9.77. The van der Waals surface area contributed by atoms with E-state index in [-0.39, 0.29) is 5.97 Å². The Morgan fingerprint density at radius 1 is 1.27 bits per heavy atom. The zero-order valence-corrected chi connectivity index (χ0v) is 8.96. The minimum Gasteiger partial charge on any atom is -0.465 e. The van der Waals surface area contributed by atoms with Crippen LogP contribution < -0.4 is 0 Å². The highest BCUT2D eigenvalue weighted by molar-refractivity contribution is 5.95. The lowest BCUT2D eigenvalue weighted by Crippen LogP contribution is -2.01. The molecule has 0 saturated carbocycles. The van der Waals surface area contributed by atoms with Gasteiger partial charge in [-0.25, -0.2) is 4.79 Å². The standard InChI is InChI=1S/C12H12O3/c1-7-4-10(12(13)14-3)6-9-5-8(2)15-11(7)9/h4-6H,1-3H3. The summed E-state index contributed by atoms with van der Waals surface area (Å²) in [6, 6.07) is 5.47. The molecule has 78 valence electrons. The van der Waals surface area contributed by atoms with Crippen LogP contribution in [0.5, 0.6) is 0 Å². The fraction of sp³-hybridized carbons (Fsp3) is 0.250. The van der Waals surface area contributed by atoms with Gasteiger partial charge >= 0.3 is 5.97 Å². The Bertz CT molecular complexity index is 523. The van der Waals surface area contributed by atoms with Gasteiger partial charge in [0.2, 0.25) is 0 Å². The monoisotopic (exact) mass is 204 g/mol. The zero-order valence-electron chi connectivity index (χ0n) is 8.96. The molecule has 0 bridgehead atoms. The van der Waals surface area contributed by atoms with Crippen LogP contribution in [-0.4, -0.2) is 13.1 Å². The summed E-state index contributed by atoms with van der Waals surface area (Å²) < 4.78 is 10.2. The molecule has 1 aromatic carbocycles. The first-order valence-corrected chi connectivity index (χ1v) is 4.71. The first-order valence-electron chi connectivity index (χ1n) is 4.71. The first-order chi connectivity index (χ1) is 7.11. The van der Waals surface area contributed by atoms with E-state index in [4.69, 9.17) is 4.42 Å². The predicted octanol–water partition coefficient (Wildman–Crippen LogP) is 2.84. The quantitative estimate of drug-likeness (QED) is 0.670. The van der Waals surface area contributed by atoms with Gasteiger partial charge < -0.3 is 9.15 Å². The lowest BCUT2D eigenvalue weighted by molar-refractivity contribution is 0.0601. The number of carbonyl (C=O) groups is 1. The Kier molecular flexibility index (Phi) is 2.23. The molecule has 0 aliphatic rings. The van der Waals surface area contributed by atoms with E-state index in [1.54, 1.807) is 12.1 Å². The van der Waals surface area contributed by atoms with Crippen LogP contribution >= 0.6 is 0 Å². The second kappa shape index (κ2) is 3.42. The molecule has 1 heterocycles. The second-order valence-electron chi connectivity index (χ2n) is 3.56. The fourth-order valence-corrected chi connectivity index (χ4v) is 1.69. The van der Waals surface area contributed by atoms with Crippen LogP contribution in [0.25, 0.3) is 11.0 Å². The highest BCUT2D eigenvalue weighted by Crippen LogP contribution is 2.24. The maximum Gasteiger partial charge on any atom is 0.337 e. The van der Waals surface area contributed by atoms with Gasteiger partial charge in [0.15, 0.2) is 0 Å². The van der Waals surface area contributed by atoms with E-state index in [0.29, 0.717) is 5.56 Å². The summed E-state index contributed by atoms with van der Waals surface area (Å²) in [6.45, 7) is 3.80. The molecule has 0 saturated heterocycles. The van der Waals surface area contributed by atoms with Crippen molar-refractivity contribution in [2.24, 2.45) is 0 Å². The van der Waals surface area contributed by atoms with E-state index in [1.165, 1.54) is 7.11 Å². The summed E-state index contributed by atoms with van der Waals surface area (Å²) in [4.78, 5) is 11.4. The summed E-state index contributed by atoms with van der Waals surface area (Å²) in [5.41, 5.74) is 2.34. The van der Waals surface area contributed by atoms with Crippen LogP contribution in [0.4, 0.5) is 0 Å². The molecule has 0 radical (unpaired) electrons. The number of hydrogen-bond acceptors (Lipinski definition) is 3. The number of esters is 1. The van der Waals surface area contributed by atoms with Gasteiger partial charge in [0.1, 0.15) is 11.3 Å². The van der Waals surface area contributed by atoms with E-state index < -0.39 is 0 Å². The molecular formula is C12H12O3. The van der Waals surface area contributed by atoms with Crippen LogP contribution in [0.2, 0.25) is 0 Å². The Morgan fingerprint density at radius 2 is 2.00 bits per heavy atom. The zero-order chi connectivity index (χ0) is 11.0. The maximum atomic E-state index is 11.4. The minimum atomic E-state index is -0.321. The number of methoxy groups -OCH3 is 1. The Morgan fingerprint density at radius 3 is 2.67 bits per heavy atom.